The van der Waals surface area contributed by atoms with Crippen molar-refractivity contribution in [2.75, 3.05) is 7.11 Å². The SMILES string of the molecule is COc1cccc2c1C=C(C)C(O)O2. The van der Waals surface area contributed by atoms with Crippen LogP contribution in [0.15, 0.2) is 23.8 Å². The fourth-order valence-corrected chi connectivity index (χ4v) is 1.46. The molecule has 0 bridgehead atoms. The van der Waals surface area contributed by atoms with Gasteiger partial charge in [-0.1, -0.05) is 6.07 Å². The third-order valence-electron chi connectivity index (χ3n) is 2.25. The van der Waals surface area contributed by atoms with Crippen molar-refractivity contribution in [2.45, 2.75) is 13.2 Å². The van der Waals surface area contributed by atoms with Gasteiger partial charge < -0.3 is 14.6 Å². The van der Waals surface area contributed by atoms with Gasteiger partial charge >= 0.3 is 0 Å². The second-order valence-corrected chi connectivity index (χ2v) is 3.23. The summed E-state index contributed by atoms with van der Waals surface area (Å²) < 4.78 is 10.5. The van der Waals surface area contributed by atoms with Gasteiger partial charge in [0.05, 0.1) is 12.7 Å². The first-order chi connectivity index (χ1) is 6.72. The zero-order valence-electron chi connectivity index (χ0n) is 8.15. The van der Waals surface area contributed by atoms with Crippen LogP contribution >= 0.6 is 0 Å². The minimum absolute atomic E-state index is 0.655. The number of rotatable bonds is 1. The van der Waals surface area contributed by atoms with Crippen LogP contribution in [0.1, 0.15) is 12.5 Å². The Morgan fingerprint density at radius 1 is 1.43 bits per heavy atom. The minimum atomic E-state index is -0.838. The van der Waals surface area contributed by atoms with Crippen molar-refractivity contribution < 1.29 is 14.6 Å². The van der Waals surface area contributed by atoms with Crippen molar-refractivity contribution in [1.82, 2.24) is 0 Å². The Morgan fingerprint density at radius 3 is 2.93 bits per heavy atom. The topological polar surface area (TPSA) is 38.7 Å². The molecule has 3 heteroatoms. The van der Waals surface area contributed by atoms with Gasteiger partial charge in [-0.25, -0.2) is 0 Å². The predicted octanol–water partition coefficient (Wildman–Crippen LogP) is 1.81. The summed E-state index contributed by atoms with van der Waals surface area (Å²) in [5.74, 6) is 1.41. The van der Waals surface area contributed by atoms with E-state index in [-0.39, 0.29) is 0 Å². The molecule has 0 aliphatic carbocycles. The molecule has 2 rings (SSSR count). The standard InChI is InChI=1S/C11H12O3/c1-7-6-8-9(13-2)4-3-5-10(8)14-11(7)12/h3-6,11-12H,1-2H3. The molecule has 1 aromatic rings. The van der Waals surface area contributed by atoms with E-state index in [4.69, 9.17) is 9.47 Å². The Morgan fingerprint density at radius 2 is 2.21 bits per heavy atom. The number of hydrogen-bond acceptors (Lipinski definition) is 3. The van der Waals surface area contributed by atoms with Gasteiger partial charge in [0.1, 0.15) is 11.5 Å². The number of methoxy groups -OCH3 is 1. The fourth-order valence-electron chi connectivity index (χ4n) is 1.46. The van der Waals surface area contributed by atoms with Gasteiger partial charge in [-0.3, -0.25) is 0 Å². The van der Waals surface area contributed by atoms with Gasteiger partial charge in [-0.05, 0) is 30.7 Å². The Labute approximate surface area is 82.6 Å². The maximum absolute atomic E-state index is 9.46. The monoisotopic (exact) mass is 192 g/mol. The molecule has 74 valence electrons. The summed E-state index contributed by atoms with van der Waals surface area (Å²) in [4.78, 5) is 0. The van der Waals surface area contributed by atoms with E-state index in [9.17, 15) is 5.11 Å². The average molecular weight is 192 g/mol. The average Bonchev–Trinajstić information content (AvgIpc) is 2.19. The van der Waals surface area contributed by atoms with E-state index in [2.05, 4.69) is 0 Å². The van der Waals surface area contributed by atoms with Crippen molar-refractivity contribution in [2.24, 2.45) is 0 Å². The highest BCUT2D eigenvalue weighted by Gasteiger charge is 2.19. The third kappa shape index (κ3) is 1.36. The third-order valence-corrected chi connectivity index (χ3v) is 2.25. The molecular formula is C11H12O3. The van der Waals surface area contributed by atoms with E-state index < -0.39 is 6.29 Å². The Kier molecular flexibility index (Phi) is 2.17. The Balaban J connectivity index is 2.54. The van der Waals surface area contributed by atoms with Crippen LogP contribution in [0.25, 0.3) is 6.08 Å². The molecule has 14 heavy (non-hydrogen) atoms. The van der Waals surface area contributed by atoms with Crippen LogP contribution in [0, 0.1) is 0 Å². The molecule has 0 saturated heterocycles. The highest BCUT2D eigenvalue weighted by molar-refractivity contribution is 5.68. The summed E-state index contributed by atoms with van der Waals surface area (Å²) in [6.45, 7) is 1.82. The van der Waals surface area contributed by atoms with Crippen molar-refractivity contribution in [3.05, 3.63) is 29.3 Å². The first-order valence-corrected chi connectivity index (χ1v) is 4.42. The van der Waals surface area contributed by atoms with Crippen LogP contribution in [0.5, 0.6) is 11.5 Å². The summed E-state index contributed by atoms with van der Waals surface area (Å²) in [6, 6.07) is 5.51. The Hall–Kier alpha value is -1.48. The van der Waals surface area contributed by atoms with E-state index in [0.29, 0.717) is 5.75 Å². The van der Waals surface area contributed by atoms with Crippen molar-refractivity contribution in [3.63, 3.8) is 0 Å². The highest BCUT2D eigenvalue weighted by Crippen LogP contribution is 2.35. The molecule has 0 fully saturated rings. The zero-order chi connectivity index (χ0) is 10.1. The van der Waals surface area contributed by atoms with Crippen molar-refractivity contribution in [3.8, 4) is 11.5 Å². The molecule has 1 aliphatic heterocycles. The molecule has 1 N–H and O–H groups in total. The number of benzene rings is 1. The van der Waals surface area contributed by atoms with E-state index >= 15 is 0 Å². The molecule has 0 saturated carbocycles. The predicted molar refractivity (Wildman–Crippen MR) is 53.3 cm³/mol. The molecule has 1 unspecified atom stereocenters. The molecule has 1 heterocycles. The van der Waals surface area contributed by atoms with Crippen LogP contribution in [0.2, 0.25) is 0 Å². The Bertz CT molecular complexity index is 382. The fraction of sp³-hybridized carbons (Fsp3) is 0.273. The normalized spacial score (nSPS) is 19.4. The number of ether oxygens (including phenoxy) is 2. The van der Waals surface area contributed by atoms with E-state index in [0.717, 1.165) is 16.9 Å². The van der Waals surface area contributed by atoms with Crippen LogP contribution in [-0.4, -0.2) is 18.5 Å². The van der Waals surface area contributed by atoms with Gasteiger partial charge in [0.25, 0.3) is 0 Å². The summed E-state index contributed by atoms with van der Waals surface area (Å²) in [6.07, 6.45) is 1.04. The summed E-state index contributed by atoms with van der Waals surface area (Å²) >= 11 is 0. The zero-order valence-corrected chi connectivity index (χ0v) is 8.15. The summed E-state index contributed by atoms with van der Waals surface area (Å²) in [5, 5.41) is 9.46. The van der Waals surface area contributed by atoms with Crippen LogP contribution in [0.3, 0.4) is 0 Å². The van der Waals surface area contributed by atoms with Gasteiger partial charge in [-0.15, -0.1) is 0 Å². The smallest absolute Gasteiger partial charge is 0.220 e. The van der Waals surface area contributed by atoms with Crippen LogP contribution in [-0.2, 0) is 0 Å². The minimum Gasteiger partial charge on any atom is -0.496 e. The summed E-state index contributed by atoms with van der Waals surface area (Å²) in [5.41, 5.74) is 1.67. The second-order valence-electron chi connectivity index (χ2n) is 3.23. The first kappa shape index (κ1) is 9.09. The number of aliphatic hydroxyl groups excluding tert-OH is 1. The number of fused-ring (bicyclic) bond motifs is 1. The number of aliphatic hydroxyl groups is 1. The summed E-state index contributed by atoms with van der Waals surface area (Å²) in [7, 11) is 1.61. The van der Waals surface area contributed by atoms with Gasteiger partial charge in [0, 0.05) is 0 Å². The largest absolute Gasteiger partial charge is 0.496 e. The first-order valence-electron chi connectivity index (χ1n) is 4.42. The molecule has 1 atom stereocenters. The molecule has 0 spiro atoms. The maximum Gasteiger partial charge on any atom is 0.220 e. The van der Waals surface area contributed by atoms with Crippen LogP contribution in [0.4, 0.5) is 0 Å². The van der Waals surface area contributed by atoms with E-state index in [1.165, 1.54) is 0 Å². The molecule has 3 nitrogen and oxygen atoms in total. The lowest BCUT2D eigenvalue weighted by atomic mass is 10.1. The maximum atomic E-state index is 9.46. The number of hydrogen-bond donors (Lipinski definition) is 1. The molecule has 1 aliphatic rings. The van der Waals surface area contributed by atoms with Gasteiger partial charge in [0.15, 0.2) is 0 Å². The van der Waals surface area contributed by atoms with E-state index in [1.54, 1.807) is 7.11 Å². The molecule has 0 amide bonds. The lowest BCUT2D eigenvalue weighted by Gasteiger charge is -2.22. The quantitative estimate of drug-likeness (QED) is 0.737. The highest BCUT2D eigenvalue weighted by atomic mass is 16.6. The molecular weight excluding hydrogens is 180 g/mol. The second kappa shape index (κ2) is 3.35. The van der Waals surface area contributed by atoms with Crippen molar-refractivity contribution in [1.29, 1.82) is 0 Å². The molecule has 0 radical (unpaired) electrons. The van der Waals surface area contributed by atoms with Gasteiger partial charge in [0.2, 0.25) is 6.29 Å². The molecule has 1 aromatic carbocycles. The van der Waals surface area contributed by atoms with Crippen molar-refractivity contribution >= 4 is 6.08 Å². The van der Waals surface area contributed by atoms with Gasteiger partial charge in [-0.2, -0.15) is 0 Å². The lowest BCUT2D eigenvalue weighted by Crippen LogP contribution is -2.20. The van der Waals surface area contributed by atoms with Crippen LogP contribution < -0.4 is 9.47 Å². The lowest BCUT2D eigenvalue weighted by molar-refractivity contribution is 0.0128. The van der Waals surface area contributed by atoms with E-state index in [1.807, 2.05) is 31.2 Å². The molecule has 0 aromatic heterocycles.